The van der Waals surface area contributed by atoms with Crippen molar-refractivity contribution in [2.24, 2.45) is 0 Å². The van der Waals surface area contributed by atoms with Crippen LogP contribution in [0.3, 0.4) is 0 Å². The van der Waals surface area contributed by atoms with Crippen LogP contribution in [0, 0.1) is 0 Å². The third kappa shape index (κ3) is 3.22. The minimum atomic E-state index is -1.01. The molecule has 0 fully saturated rings. The average molecular weight is 333 g/mol. The van der Waals surface area contributed by atoms with E-state index in [9.17, 15) is 4.79 Å². The molecule has 0 radical (unpaired) electrons. The van der Waals surface area contributed by atoms with Gasteiger partial charge < -0.3 is 15.4 Å². The lowest BCUT2D eigenvalue weighted by molar-refractivity contribution is -0.146. The summed E-state index contributed by atoms with van der Waals surface area (Å²) in [6, 6.07) is 6.92. The number of ether oxygens (including phenoxy) is 1. The van der Waals surface area contributed by atoms with E-state index in [0.717, 1.165) is 11.3 Å². The molecule has 0 spiro atoms. The van der Waals surface area contributed by atoms with Gasteiger partial charge in [-0.2, -0.15) is 0 Å². The van der Waals surface area contributed by atoms with Gasteiger partial charge >= 0.3 is 0 Å². The Bertz CT molecular complexity index is 746. The van der Waals surface area contributed by atoms with Crippen LogP contribution < -0.4 is 10.5 Å². The van der Waals surface area contributed by atoms with Crippen molar-refractivity contribution >= 4 is 23.5 Å². The molecule has 0 aliphatic carbocycles. The molecule has 2 aromatic rings. The second-order valence-electron chi connectivity index (χ2n) is 5.93. The Kier molecular flexibility index (Phi) is 3.85. The standard InChI is InChI=1S/C16H17ClN4O2/c1-16(2,23-12-5-3-11(17)4-6-12)14(22)21-8-10-7-19-15(18)20-13(10)9-21/h3-7H,8-9H2,1-2H3,(H2,18,19,20). The highest BCUT2D eigenvalue weighted by Crippen LogP contribution is 2.27. The van der Waals surface area contributed by atoms with Gasteiger partial charge in [-0.25, -0.2) is 9.97 Å². The maximum atomic E-state index is 12.8. The van der Waals surface area contributed by atoms with E-state index in [4.69, 9.17) is 22.1 Å². The Morgan fingerprint density at radius 1 is 1.30 bits per heavy atom. The highest BCUT2D eigenvalue weighted by Gasteiger charge is 2.37. The molecule has 23 heavy (non-hydrogen) atoms. The molecule has 0 saturated heterocycles. The summed E-state index contributed by atoms with van der Waals surface area (Å²) in [5, 5.41) is 0.618. The molecule has 0 bridgehead atoms. The molecule has 0 atom stereocenters. The van der Waals surface area contributed by atoms with Crippen molar-refractivity contribution in [2.75, 3.05) is 5.73 Å². The van der Waals surface area contributed by atoms with Crippen molar-refractivity contribution in [1.82, 2.24) is 14.9 Å². The van der Waals surface area contributed by atoms with E-state index in [0.29, 0.717) is 23.9 Å². The van der Waals surface area contributed by atoms with E-state index >= 15 is 0 Å². The molecule has 7 heteroatoms. The van der Waals surface area contributed by atoms with Gasteiger partial charge in [0, 0.05) is 23.3 Å². The van der Waals surface area contributed by atoms with Gasteiger partial charge in [0.1, 0.15) is 5.75 Å². The first-order valence-electron chi connectivity index (χ1n) is 7.19. The molecule has 1 aliphatic rings. The van der Waals surface area contributed by atoms with E-state index in [1.54, 1.807) is 49.2 Å². The van der Waals surface area contributed by atoms with Crippen molar-refractivity contribution in [3.8, 4) is 5.75 Å². The third-order valence-corrected chi connectivity index (χ3v) is 3.92. The number of hydrogen-bond donors (Lipinski definition) is 1. The number of halogens is 1. The van der Waals surface area contributed by atoms with Crippen molar-refractivity contribution in [3.63, 3.8) is 0 Å². The molecule has 1 amide bonds. The zero-order valence-electron chi connectivity index (χ0n) is 12.9. The molecule has 2 N–H and O–H groups in total. The van der Waals surface area contributed by atoms with Gasteiger partial charge in [-0.15, -0.1) is 0 Å². The highest BCUT2D eigenvalue weighted by atomic mass is 35.5. The lowest BCUT2D eigenvalue weighted by atomic mass is 10.1. The summed E-state index contributed by atoms with van der Waals surface area (Å²) < 4.78 is 5.84. The Hall–Kier alpha value is -2.34. The Morgan fingerprint density at radius 2 is 2.00 bits per heavy atom. The van der Waals surface area contributed by atoms with Gasteiger partial charge in [-0.1, -0.05) is 11.6 Å². The Balaban J connectivity index is 1.73. The smallest absolute Gasteiger partial charge is 0.266 e. The topological polar surface area (TPSA) is 81.3 Å². The number of fused-ring (bicyclic) bond motifs is 1. The summed E-state index contributed by atoms with van der Waals surface area (Å²) in [6.45, 7) is 4.36. The summed E-state index contributed by atoms with van der Waals surface area (Å²) in [7, 11) is 0. The minimum Gasteiger partial charge on any atom is -0.478 e. The number of benzene rings is 1. The normalized spacial score (nSPS) is 13.8. The first-order valence-corrected chi connectivity index (χ1v) is 7.57. The fourth-order valence-electron chi connectivity index (χ4n) is 2.53. The number of anilines is 1. The molecule has 120 valence electrons. The Morgan fingerprint density at radius 3 is 2.70 bits per heavy atom. The maximum Gasteiger partial charge on any atom is 0.266 e. The third-order valence-electron chi connectivity index (χ3n) is 3.66. The number of nitrogens with zero attached hydrogens (tertiary/aromatic N) is 3. The van der Waals surface area contributed by atoms with Crippen LogP contribution in [0.15, 0.2) is 30.5 Å². The summed E-state index contributed by atoms with van der Waals surface area (Å²) in [5.41, 5.74) is 6.28. The number of hydrogen-bond acceptors (Lipinski definition) is 5. The molecule has 0 unspecified atom stereocenters. The molecule has 1 aliphatic heterocycles. The number of carbonyl (C=O) groups excluding carboxylic acids is 1. The zero-order chi connectivity index (χ0) is 16.6. The second-order valence-corrected chi connectivity index (χ2v) is 6.36. The average Bonchev–Trinajstić information content (AvgIpc) is 2.91. The van der Waals surface area contributed by atoms with Crippen molar-refractivity contribution in [3.05, 3.63) is 46.7 Å². The van der Waals surface area contributed by atoms with Crippen molar-refractivity contribution in [2.45, 2.75) is 32.5 Å². The molecular formula is C16H17ClN4O2. The number of rotatable bonds is 3. The lowest BCUT2D eigenvalue weighted by Gasteiger charge is -2.29. The van der Waals surface area contributed by atoms with Crippen LogP contribution in [0.5, 0.6) is 5.75 Å². The summed E-state index contributed by atoms with van der Waals surface area (Å²) in [6.07, 6.45) is 1.66. The number of carbonyl (C=O) groups is 1. The number of amides is 1. The van der Waals surface area contributed by atoms with E-state index < -0.39 is 5.60 Å². The van der Waals surface area contributed by atoms with Crippen LogP contribution in [-0.4, -0.2) is 26.4 Å². The summed E-state index contributed by atoms with van der Waals surface area (Å²) in [4.78, 5) is 22.6. The van der Waals surface area contributed by atoms with E-state index in [1.807, 2.05) is 0 Å². The molecule has 6 nitrogen and oxygen atoms in total. The zero-order valence-corrected chi connectivity index (χ0v) is 13.7. The maximum absolute atomic E-state index is 12.8. The van der Waals surface area contributed by atoms with Gasteiger partial charge in [0.05, 0.1) is 12.2 Å². The lowest BCUT2D eigenvalue weighted by Crippen LogP contribution is -2.46. The molecular weight excluding hydrogens is 316 g/mol. The van der Waals surface area contributed by atoms with Gasteiger partial charge in [0.15, 0.2) is 5.60 Å². The molecule has 1 aromatic carbocycles. The first-order chi connectivity index (χ1) is 10.8. The predicted molar refractivity (Wildman–Crippen MR) is 86.9 cm³/mol. The van der Waals surface area contributed by atoms with Gasteiger partial charge in [-0.3, -0.25) is 4.79 Å². The predicted octanol–water partition coefficient (Wildman–Crippen LogP) is 2.41. The van der Waals surface area contributed by atoms with E-state index in [1.165, 1.54) is 0 Å². The van der Waals surface area contributed by atoms with Crippen molar-refractivity contribution < 1.29 is 9.53 Å². The van der Waals surface area contributed by atoms with Crippen LogP contribution in [0.2, 0.25) is 5.02 Å². The fourth-order valence-corrected chi connectivity index (χ4v) is 2.66. The number of aromatic nitrogens is 2. The van der Waals surface area contributed by atoms with Crippen LogP contribution in [0.4, 0.5) is 5.95 Å². The molecule has 3 rings (SSSR count). The SMILES string of the molecule is CC(C)(Oc1ccc(Cl)cc1)C(=O)N1Cc2cnc(N)nc2C1. The van der Waals surface area contributed by atoms with Crippen LogP contribution in [0.25, 0.3) is 0 Å². The second kappa shape index (κ2) is 5.70. The monoisotopic (exact) mass is 332 g/mol. The van der Waals surface area contributed by atoms with Crippen LogP contribution in [-0.2, 0) is 17.9 Å². The number of nitrogens with two attached hydrogens (primary N) is 1. The molecule has 1 aromatic heterocycles. The van der Waals surface area contributed by atoms with Gasteiger partial charge in [0.2, 0.25) is 5.95 Å². The number of nitrogen functional groups attached to an aromatic ring is 1. The largest absolute Gasteiger partial charge is 0.478 e. The molecule has 0 saturated carbocycles. The minimum absolute atomic E-state index is 0.121. The highest BCUT2D eigenvalue weighted by molar-refractivity contribution is 6.30. The molecule has 2 heterocycles. The van der Waals surface area contributed by atoms with Gasteiger partial charge in [0.25, 0.3) is 5.91 Å². The van der Waals surface area contributed by atoms with Crippen LogP contribution in [0.1, 0.15) is 25.1 Å². The van der Waals surface area contributed by atoms with Crippen molar-refractivity contribution in [1.29, 1.82) is 0 Å². The van der Waals surface area contributed by atoms with E-state index in [-0.39, 0.29) is 11.9 Å². The quantitative estimate of drug-likeness (QED) is 0.933. The summed E-state index contributed by atoms with van der Waals surface area (Å²) in [5.74, 6) is 0.687. The Labute approximate surface area is 139 Å². The van der Waals surface area contributed by atoms with Gasteiger partial charge in [-0.05, 0) is 38.1 Å². The van der Waals surface area contributed by atoms with E-state index in [2.05, 4.69) is 9.97 Å². The van der Waals surface area contributed by atoms with Crippen LogP contribution >= 0.6 is 11.6 Å². The first kappa shape index (κ1) is 15.6. The fraction of sp³-hybridized carbons (Fsp3) is 0.312. The summed E-state index contributed by atoms with van der Waals surface area (Å²) >= 11 is 5.86.